The molecule has 0 unspecified atom stereocenters. The van der Waals surface area contributed by atoms with Gasteiger partial charge in [0.15, 0.2) is 0 Å². The number of ether oxygens (including phenoxy) is 1. The van der Waals surface area contributed by atoms with Gasteiger partial charge in [0.05, 0.1) is 12.5 Å². The van der Waals surface area contributed by atoms with E-state index in [9.17, 15) is 9.59 Å². The molecule has 1 aliphatic heterocycles. The molecule has 0 radical (unpaired) electrons. The van der Waals surface area contributed by atoms with Crippen molar-refractivity contribution in [3.8, 4) is 5.75 Å². The molecule has 0 bridgehead atoms. The molecule has 4 heteroatoms. The summed E-state index contributed by atoms with van der Waals surface area (Å²) in [6, 6.07) is 7.65. The molecule has 1 N–H and O–H groups in total. The quantitative estimate of drug-likeness (QED) is 0.620. The third-order valence-corrected chi connectivity index (χ3v) is 3.97. The maximum absolute atomic E-state index is 11.8. The molecule has 0 aromatic heterocycles. The van der Waals surface area contributed by atoms with Crippen LogP contribution in [-0.2, 0) is 9.59 Å². The van der Waals surface area contributed by atoms with Gasteiger partial charge in [0, 0.05) is 6.42 Å². The van der Waals surface area contributed by atoms with Crippen molar-refractivity contribution in [1.82, 2.24) is 5.32 Å². The maximum Gasteiger partial charge on any atom is 0.234 e. The van der Waals surface area contributed by atoms with Gasteiger partial charge in [-0.15, -0.1) is 0 Å². The number of amides is 2. The van der Waals surface area contributed by atoms with E-state index in [0.29, 0.717) is 12.8 Å². The molecule has 120 valence electrons. The number of hydrogen-bond donors (Lipinski definition) is 1. The van der Waals surface area contributed by atoms with Crippen LogP contribution in [0.25, 0.3) is 0 Å². The highest BCUT2D eigenvalue weighted by Crippen LogP contribution is 2.26. The molecule has 1 saturated heterocycles. The van der Waals surface area contributed by atoms with Crippen molar-refractivity contribution in [2.75, 3.05) is 6.61 Å². The first-order valence-electron chi connectivity index (χ1n) is 8.12. The molecule has 1 heterocycles. The van der Waals surface area contributed by atoms with Crippen LogP contribution in [0.2, 0.25) is 0 Å². The number of nitrogens with one attached hydrogen (secondary N) is 1. The number of hydrogen-bond acceptors (Lipinski definition) is 3. The summed E-state index contributed by atoms with van der Waals surface area (Å²) in [7, 11) is 0. The zero-order valence-corrected chi connectivity index (χ0v) is 13.4. The minimum Gasteiger partial charge on any atom is -0.494 e. The first kappa shape index (κ1) is 16.5. The Labute approximate surface area is 132 Å². The molecule has 4 nitrogen and oxygen atoms in total. The molecule has 0 aliphatic carbocycles. The number of carbonyl (C=O) groups excluding carboxylic acids is 2. The van der Waals surface area contributed by atoms with Gasteiger partial charge in [0.25, 0.3) is 0 Å². The predicted molar refractivity (Wildman–Crippen MR) is 85.8 cm³/mol. The van der Waals surface area contributed by atoms with Crippen LogP contribution in [0, 0.1) is 5.92 Å². The molecule has 2 rings (SSSR count). The van der Waals surface area contributed by atoms with Crippen molar-refractivity contribution in [3.63, 3.8) is 0 Å². The normalized spacial score (nSPS) is 18.4. The van der Waals surface area contributed by atoms with Gasteiger partial charge in [-0.1, -0.05) is 32.4 Å². The number of carbonyl (C=O) groups is 2. The number of unbranched alkanes of at least 4 members (excludes halogenated alkanes) is 1. The summed E-state index contributed by atoms with van der Waals surface area (Å²) >= 11 is 0. The van der Waals surface area contributed by atoms with Crippen molar-refractivity contribution in [3.05, 3.63) is 29.8 Å². The topological polar surface area (TPSA) is 55.4 Å². The fourth-order valence-corrected chi connectivity index (χ4v) is 2.65. The van der Waals surface area contributed by atoms with Gasteiger partial charge >= 0.3 is 0 Å². The Bertz CT molecular complexity index is 508. The summed E-state index contributed by atoms with van der Waals surface area (Å²) in [5.74, 6) is 0.979. The SMILES string of the molecule is CC(C)CCCCOc1ccc([C@@H]2CCC(=O)NC2=O)cc1. The molecule has 1 aliphatic rings. The Balaban J connectivity index is 1.80. The molecule has 2 amide bonds. The molecular weight excluding hydrogens is 278 g/mol. The second-order valence-corrected chi connectivity index (χ2v) is 6.31. The van der Waals surface area contributed by atoms with Crippen LogP contribution >= 0.6 is 0 Å². The van der Waals surface area contributed by atoms with Gasteiger partial charge in [-0.05, 0) is 42.9 Å². The predicted octanol–water partition coefficient (Wildman–Crippen LogP) is 3.41. The zero-order chi connectivity index (χ0) is 15.9. The van der Waals surface area contributed by atoms with Gasteiger partial charge < -0.3 is 4.74 Å². The number of piperidine rings is 1. The van der Waals surface area contributed by atoms with Crippen LogP contribution in [0.5, 0.6) is 5.75 Å². The molecule has 22 heavy (non-hydrogen) atoms. The molecule has 1 atom stereocenters. The number of imide groups is 1. The second-order valence-electron chi connectivity index (χ2n) is 6.31. The summed E-state index contributed by atoms with van der Waals surface area (Å²) in [6.45, 7) is 5.19. The second kappa shape index (κ2) is 7.97. The van der Waals surface area contributed by atoms with E-state index in [1.54, 1.807) is 0 Å². The molecule has 1 aromatic rings. The van der Waals surface area contributed by atoms with E-state index >= 15 is 0 Å². The number of benzene rings is 1. The van der Waals surface area contributed by atoms with Crippen molar-refractivity contribution in [2.45, 2.75) is 51.9 Å². The Morgan fingerprint density at radius 3 is 2.55 bits per heavy atom. The Morgan fingerprint density at radius 2 is 1.91 bits per heavy atom. The van der Waals surface area contributed by atoms with Crippen LogP contribution in [-0.4, -0.2) is 18.4 Å². The lowest BCUT2D eigenvalue weighted by Crippen LogP contribution is -2.39. The maximum atomic E-state index is 11.8. The van der Waals surface area contributed by atoms with Crippen molar-refractivity contribution in [1.29, 1.82) is 0 Å². The Kier molecular flexibility index (Phi) is 5.99. The lowest BCUT2D eigenvalue weighted by Gasteiger charge is -2.21. The van der Waals surface area contributed by atoms with Gasteiger partial charge in [-0.25, -0.2) is 0 Å². The summed E-state index contributed by atoms with van der Waals surface area (Å²) in [5, 5.41) is 2.39. The molecular formula is C18H25NO3. The highest BCUT2D eigenvalue weighted by Gasteiger charge is 2.27. The van der Waals surface area contributed by atoms with Crippen LogP contribution in [0.3, 0.4) is 0 Å². The van der Waals surface area contributed by atoms with E-state index in [2.05, 4.69) is 19.2 Å². The molecule has 0 spiro atoms. The van der Waals surface area contributed by atoms with E-state index in [1.165, 1.54) is 12.8 Å². The Hall–Kier alpha value is -1.84. The average Bonchev–Trinajstić information content (AvgIpc) is 2.47. The summed E-state index contributed by atoms with van der Waals surface area (Å²) < 4.78 is 5.72. The highest BCUT2D eigenvalue weighted by atomic mass is 16.5. The van der Waals surface area contributed by atoms with Crippen molar-refractivity contribution >= 4 is 11.8 Å². The third-order valence-electron chi connectivity index (χ3n) is 3.97. The van der Waals surface area contributed by atoms with E-state index in [-0.39, 0.29) is 17.7 Å². The van der Waals surface area contributed by atoms with Crippen LogP contribution in [0.15, 0.2) is 24.3 Å². The van der Waals surface area contributed by atoms with Crippen LogP contribution in [0.1, 0.15) is 57.4 Å². The van der Waals surface area contributed by atoms with E-state index in [0.717, 1.165) is 30.3 Å². The van der Waals surface area contributed by atoms with Gasteiger partial charge in [0.1, 0.15) is 5.75 Å². The number of rotatable bonds is 7. The zero-order valence-electron chi connectivity index (χ0n) is 13.4. The first-order valence-corrected chi connectivity index (χ1v) is 8.12. The third kappa shape index (κ3) is 4.86. The lowest BCUT2D eigenvalue weighted by atomic mass is 9.90. The molecule has 0 saturated carbocycles. The smallest absolute Gasteiger partial charge is 0.234 e. The van der Waals surface area contributed by atoms with Gasteiger partial charge in [-0.2, -0.15) is 0 Å². The molecule has 1 fully saturated rings. The van der Waals surface area contributed by atoms with Gasteiger partial charge in [-0.3, -0.25) is 14.9 Å². The fourth-order valence-electron chi connectivity index (χ4n) is 2.65. The Morgan fingerprint density at radius 1 is 1.18 bits per heavy atom. The summed E-state index contributed by atoms with van der Waals surface area (Å²) in [5.41, 5.74) is 0.942. The largest absolute Gasteiger partial charge is 0.494 e. The van der Waals surface area contributed by atoms with E-state index in [4.69, 9.17) is 4.74 Å². The standard InChI is InChI=1S/C18H25NO3/c1-13(2)5-3-4-12-22-15-8-6-14(7-9-15)16-10-11-17(20)19-18(16)21/h6-9,13,16H,3-5,10-12H2,1-2H3,(H,19,20,21)/t16-/m0/s1. The summed E-state index contributed by atoms with van der Waals surface area (Å²) in [4.78, 5) is 23.0. The van der Waals surface area contributed by atoms with Crippen molar-refractivity contribution < 1.29 is 14.3 Å². The minimum atomic E-state index is -0.224. The minimum absolute atomic E-state index is 0.178. The van der Waals surface area contributed by atoms with Crippen LogP contribution < -0.4 is 10.1 Å². The first-order chi connectivity index (χ1) is 10.6. The highest BCUT2D eigenvalue weighted by molar-refractivity contribution is 6.00. The van der Waals surface area contributed by atoms with Crippen molar-refractivity contribution in [2.24, 2.45) is 5.92 Å². The summed E-state index contributed by atoms with van der Waals surface area (Å²) in [6.07, 6.45) is 4.47. The van der Waals surface area contributed by atoms with Crippen LogP contribution in [0.4, 0.5) is 0 Å². The van der Waals surface area contributed by atoms with E-state index < -0.39 is 0 Å². The fraction of sp³-hybridized carbons (Fsp3) is 0.556. The monoisotopic (exact) mass is 303 g/mol. The van der Waals surface area contributed by atoms with E-state index in [1.807, 2.05) is 24.3 Å². The average molecular weight is 303 g/mol. The molecule has 1 aromatic carbocycles. The van der Waals surface area contributed by atoms with Gasteiger partial charge in [0.2, 0.25) is 11.8 Å². The lowest BCUT2D eigenvalue weighted by molar-refractivity contribution is -0.134.